The van der Waals surface area contributed by atoms with Crippen molar-refractivity contribution in [3.63, 3.8) is 0 Å². The third kappa shape index (κ3) is 3.53. The zero-order chi connectivity index (χ0) is 14.5. The first-order chi connectivity index (χ1) is 9.58. The van der Waals surface area contributed by atoms with Crippen LogP contribution in [0.25, 0.3) is 0 Å². The number of carbonyl (C=O) groups is 2. The molecule has 20 heavy (non-hydrogen) atoms. The van der Waals surface area contributed by atoms with Crippen molar-refractivity contribution in [1.82, 2.24) is 10.3 Å². The van der Waals surface area contributed by atoms with Crippen LogP contribution in [0.1, 0.15) is 26.4 Å². The van der Waals surface area contributed by atoms with E-state index in [1.54, 1.807) is 12.1 Å². The Morgan fingerprint density at radius 3 is 2.70 bits per heavy atom. The second-order valence-electron chi connectivity index (χ2n) is 4.00. The SMILES string of the molecule is O=C(O)c1ccnc(CNC(=O)c2ccccc2I)c1. The summed E-state index contributed by atoms with van der Waals surface area (Å²) in [6.45, 7) is 0.185. The maximum atomic E-state index is 12.0. The molecule has 0 atom stereocenters. The summed E-state index contributed by atoms with van der Waals surface area (Å²) in [7, 11) is 0. The minimum absolute atomic E-state index is 0.151. The van der Waals surface area contributed by atoms with Crippen LogP contribution in [-0.4, -0.2) is 22.0 Å². The van der Waals surface area contributed by atoms with Gasteiger partial charge >= 0.3 is 5.97 Å². The Morgan fingerprint density at radius 1 is 1.25 bits per heavy atom. The molecule has 0 aliphatic heterocycles. The second-order valence-corrected chi connectivity index (χ2v) is 5.17. The molecule has 0 bridgehead atoms. The van der Waals surface area contributed by atoms with E-state index < -0.39 is 5.97 Å². The van der Waals surface area contributed by atoms with Gasteiger partial charge in [0.2, 0.25) is 0 Å². The summed E-state index contributed by atoms with van der Waals surface area (Å²) in [5, 5.41) is 11.6. The lowest BCUT2D eigenvalue weighted by Crippen LogP contribution is -2.24. The van der Waals surface area contributed by atoms with Gasteiger partial charge in [0.1, 0.15) is 0 Å². The van der Waals surface area contributed by atoms with Gasteiger partial charge in [-0.15, -0.1) is 0 Å². The van der Waals surface area contributed by atoms with Crippen molar-refractivity contribution < 1.29 is 14.7 Å². The molecule has 2 N–H and O–H groups in total. The third-order valence-electron chi connectivity index (χ3n) is 2.61. The lowest BCUT2D eigenvalue weighted by Gasteiger charge is -2.06. The van der Waals surface area contributed by atoms with Gasteiger partial charge in [0, 0.05) is 9.77 Å². The minimum Gasteiger partial charge on any atom is -0.478 e. The number of amides is 1. The van der Waals surface area contributed by atoms with Crippen molar-refractivity contribution in [3.05, 3.63) is 63.0 Å². The molecule has 6 heteroatoms. The fourth-order valence-corrected chi connectivity index (χ4v) is 2.25. The van der Waals surface area contributed by atoms with Crippen LogP contribution in [0.2, 0.25) is 0 Å². The van der Waals surface area contributed by atoms with Gasteiger partial charge in [-0.05, 0) is 46.9 Å². The Balaban J connectivity index is 2.06. The van der Waals surface area contributed by atoms with Gasteiger partial charge < -0.3 is 10.4 Å². The number of benzene rings is 1. The van der Waals surface area contributed by atoms with Crippen LogP contribution >= 0.6 is 22.6 Å². The molecule has 1 heterocycles. The van der Waals surface area contributed by atoms with Crippen LogP contribution in [0.15, 0.2) is 42.6 Å². The lowest BCUT2D eigenvalue weighted by molar-refractivity contribution is 0.0696. The van der Waals surface area contributed by atoms with Crippen LogP contribution in [0, 0.1) is 3.57 Å². The van der Waals surface area contributed by atoms with E-state index in [1.165, 1.54) is 18.3 Å². The number of carboxylic acids is 1. The number of carboxylic acid groups (broad SMARTS) is 1. The van der Waals surface area contributed by atoms with E-state index in [-0.39, 0.29) is 18.0 Å². The summed E-state index contributed by atoms with van der Waals surface area (Å²) >= 11 is 2.09. The Morgan fingerprint density at radius 2 is 2.00 bits per heavy atom. The number of nitrogens with zero attached hydrogens (tertiary/aromatic N) is 1. The highest BCUT2D eigenvalue weighted by Crippen LogP contribution is 2.11. The van der Waals surface area contributed by atoms with Crippen molar-refractivity contribution in [3.8, 4) is 0 Å². The molecule has 5 nitrogen and oxygen atoms in total. The average molecular weight is 382 g/mol. The number of hydrogen-bond acceptors (Lipinski definition) is 3. The van der Waals surface area contributed by atoms with Crippen LogP contribution in [-0.2, 0) is 6.54 Å². The van der Waals surface area contributed by atoms with Crippen LogP contribution < -0.4 is 5.32 Å². The number of nitrogens with one attached hydrogen (secondary N) is 1. The van der Waals surface area contributed by atoms with Crippen molar-refractivity contribution in [2.75, 3.05) is 0 Å². The molecule has 0 aliphatic carbocycles. The largest absolute Gasteiger partial charge is 0.478 e. The first-order valence-electron chi connectivity index (χ1n) is 5.79. The standard InChI is InChI=1S/C14H11IN2O3/c15-12-4-2-1-3-11(12)13(18)17-8-10-7-9(14(19)20)5-6-16-10/h1-7H,8H2,(H,17,18)(H,19,20). The fraction of sp³-hybridized carbons (Fsp3) is 0.0714. The summed E-state index contributed by atoms with van der Waals surface area (Å²) < 4.78 is 0.856. The summed E-state index contributed by atoms with van der Waals surface area (Å²) in [6, 6.07) is 10.1. The molecule has 1 aromatic heterocycles. The van der Waals surface area contributed by atoms with Gasteiger partial charge in [-0.3, -0.25) is 9.78 Å². The van der Waals surface area contributed by atoms with E-state index in [2.05, 4.69) is 32.9 Å². The molecular weight excluding hydrogens is 371 g/mol. The summed E-state index contributed by atoms with van der Waals surface area (Å²) in [5.41, 5.74) is 1.24. The maximum absolute atomic E-state index is 12.0. The molecule has 1 aromatic carbocycles. The molecule has 0 saturated carbocycles. The molecule has 0 unspecified atom stereocenters. The molecule has 2 aromatic rings. The summed E-state index contributed by atoms with van der Waals surface area (Å²) in [4.78, 5) is 26.9. The number of aromatic nitrogens is 1. The van der Waals surface area contributed by atoms with Gasteiger partial charge in [-0.25, -0.2) is 4.79 Å². The summed E-state index contributed by atoms with van der Waals surface area (Å²) in [6.07, 6.45) is 1.41. The average Bonchev–Trinajstić information content (AvgIpc) is 2.45. The molecular formula is C14H11IN2O3. The van der Waals surface area contributed by atoms with Gasteiger partial charge in [-0.1, -0.05) is 12.1 Å². The van der Waals surface area contributed by atoms with Crippen molar-refractivity contribution in [1.29, 1.82) is 0 Å². The highest BCUT2D eigenvalue weighted by atomic mass is 127. The van der Waals surface area contributed by atoms with Gasteiger partial charge in [-0.2, -0.15) is 0 Å². The second kappa shape index (κ2) is 6.47. The number of pyridine rings is 1. The van der Waals surface area contributed by atoms with Crippen molar-refractivity contribution in [2.24, 2.45) is 0 Å². The molecule has 0 spiro atoms. The Bertz CT molecular complexity index is 658. The fourth-order valence-electron chi connectivity index (χ4n) is 1.62. The molecule has 0 fully saturated rings. The maximum Gasteiger partial charge on any atom is 0.335 e. The van der Waals surface area contributed by atoms with Crippen molar-refractivity contribution in [2.45, 2.75) is 6.54 Å². The topological polar surface area (TPSA) is 79.3 Å². The number of hydrogen-bond donors (Lipinski definition) is 2. The molecule has 0 aliphatic rings. The molecule has 1 amide bonds. The Kier molecular flexibility index (Phi) is 4.67. The molecule has 102 valence electrons. The number of rotatable bonds is 4. The molecule has 0 saturated heterocycles. The normalized spacial score (nSPS) is 10.1. The zero-order valence-electron chi connectivity index (χ0n) is 10.3. The Hall–Kier alpha value is -1.96. The predicted molar refractivity (Wildman–Crippen MR) is 81.5 cm³/mol. The molecule has 0 radical (unpaired) electrons. The molecule has 2 rings (SSSR count). The lowest BCUT2D eigenvalue weighted by atomic mass is 10.2. The van der Waals surface area contributed by atoms with Crippen LogP contribution in [0.5, 0.6) is 0 Å². The van der Waals surface area contributed by atoms with Gasteiger partial charge in [0.25, 0.3) is 5.91 Å². The minimum atomic E-state index is -1.02. The Labute approximate surface area is 129 Å². The highest BCUT2D eigenvalue weighted by Gasteiger charge is 2.10. The first kappa shape index (κ1) is 14.4. The monoisotopic (exact) mass is 382 g/mol. The first-order valence-corrected chi connectivity index (χ1v) is 6.87. The van der Waals surface area contributed by atoms with E-state index in [0.717, 1.165) is 3.57 Å². The predicted octanol–water partition coefficient (Wildman–Crippen LogP) is 2.31. The number of halogens is 1. The van der Waals surface area contributed by atoms with E-state index >= 15 is 0 Å². The van der Waals surface area contributed by atoms with E-state index in [4.69, 9.17) is 5.11 Å². The number of carbonyl (C=O) groups excluding carboxylic acids is 1. The van der Waals surface area contributed by atoms with Crippen molar-refractivity contribution >= 4 is 34.5 Å². The van der Waals surface area contributed by atoms with Gasteiger partial charge in [0.15, 0.2) is 0 Å². The van der Waals surface area contributed by atoms with E-state index in [0.29, 0.717) is 11.3 Å². The number of aromatic carboxylic acids is 1. The highest BCUT2D eigenvalue weighted by molar-refractivity contribution is 14.1. The third-order valence-corrected chi connectivity index (χ3v) is 3.55. The van der Waals surface area contributed by atoms with E-state index in [9.17, 15) is 9.59 Å². The van der Waals surface area contributed by atoms with Gasteiger partial charge in [0.05, 0.1) is 23.4 Å². The van der Waals surface area contributed by atoms with Crippen LogP contribution in [0.3, 0.4) is 0 Å². The van der Waals surface area contributed by atoms with E-state index in [1.807, 2.05) is 12.1 Å². The summed E-state index contributed by atoms with van der Waals surface area (Å²) in [5.74, 6) is -1.23. The quantitative estimate of drug-likeness (QED) is 0.796. The smallest absolute Gasteiger partial charge is 0.335 e. The van der Waals surface area contributed by atoms with Crippen LogP contribution in [0.4, 0.5) is 0 Å². The zero-order valence-corrected chi connectivity index (χ0v) is 12.5.